The van der Waals surface area contributed by atoms with E-state index in [0.717, 1.165) is 23.4 Å². The van der Waals surface area contributed by atoms with Gasteiger partial charge in [-0.25, -0.2) is 9.37 Å². The number of halogens is 1. The summed E-state index contributed by atoms with van der Waals surface area (Å²) < 4.78 is 15.5. The molecule has 1 N–H and O–H groups in total. The van der Waals surface area contributed by atoms with E-state index in [-0.39, 0.29) is 24.8 Å². The Balaban J connectivity index is 1.44. The van der Waals surface area contributed by atoms with Gasteiger partial charge in [0.25, 0.3) is 0 Å². The molecule has 1 saturated heterocycles. The van der Waals surface area contributed by atoms with Gasteiger partial charge in [-0.3, -0.25) is 9.59 Å². The number of hydrogen-bond acceptors (Lipinski definition) is 3. The summed E-state index contributed by atoms with van der Waals surface area (Å²) in [6, 6.07) is 13.7. The minimum atomic E-state index is -0.463. The third kappa shape index (κ3) is 3.35. The molecule has 1 aliphatic rings. The Bertz CT molecular complexity index is 1050. The van der Waals surface area contributed by atoms with Crippen molar-refractivity contribution >= 4 is 28.5 Å². The molecular formula is C21H21FN4O2. The number of para-hydroxylation sites is 2. The molecule has 0 saturated carbocycles. The van der Waals surface area contributed by atoms with Crippen LogP contribution in [0.3, 0.4) is 0 Å². The van der Waals surface area contributed by atoms with Crippen molar-refractivity contribution in [1.82, 2.24) is 14.9 Å². The minimum Gasteiger partial charge on any atom is -0.349 e. The molecule has 1 aliphatic heterocycles. The summed E-state index contributed by atoms with van der Waals surface area (Å²) in [6.07, 6.45) is 0.118. The first kappa shape index (κ1) is 18.2. The highest BCUT2D eigenvalue weighted by Gasteiger charge is 2.35. The number of hydrogen-bond donors (Lipinski definition) is 1. The summed E-state index contributed by atoms with van der Waals surface area (Å²) >= 11 is 0. The number of benzene rings is 2. The van der Waals surface area contributed by atoms with E-state index >= 15 is 0 Å². The minimum absolute atomic E-state index is 0.118. The zero-order chi connectivity index (χ0) is 19.7. The van der Waals surface area contributed by atoms with Gasteiger partial charge in [-0.05, 0) is 37.3 Å². The Morgan fingerprint density at radius 1 is 1.25 bits per heavy atom. The van der Waals surface area contributed by atoms with Crippen LogP contribution in [0, 0.1) is 11.7 Å². The number of amides is 2. The van der Waals surface area contributed by atoms with E-state index in [9.17, 15) is 14.0 Å². The van der Waals surface area contributed by atoms with Crippen LogP contribution >= 0.6 is 0 Å². The number of rotatable bonds is 5. The highest BCUT2D eigenvalue weighted by molar-refractivity contribution is 6.00. The van der Waals surface area contributed by atoms with Crippen molar-refractivity contribution in [1.29, 1.82) is 0 Å². The third-order valence-electron chi connectivity index (χ3n) is 5.09. The lowest BCUT2D eigenvalue weighted by molar-refractivity contribution is -0.126. The van der Waals surface area contributed by atoms with Crippen LogP contribution in [0.1, 0.15) is 19.2 Å². The molecule has 1 fully saturated rings. The van der Waals surface area contributed by atoms with Crippen molar-refractivity contribution in [3.8, 4) is 0 Å². The first-order valence-electron chi connectivity index (χ1n) is 9.34. The fourth-order valence-electron chi connectivity index (χ4n) is 3.70. The standard InChI is InChI=1S/C21H21FN4O2/c1-2-25-18-9-4-3-8-17(18)24-19(25)12-23-21(28)14-10-20(27)26(13-14)16-7-5-6-15(22)11-16/h3-9,11,14H,2,10,12-13H2,1H3,(H,23,28). The van der Waals surface area contributed by atoms with Crippen molar-refractivity contribution < 1.29 is 14.0 Å². The maximum absolute atomic E-state index is 13.4. The number of aromatic nitrogens is 2. The monoisotopic (exact) mass is 380 g/mol. The Kier molecular flexibility index (Phi) is 4.81. The van der Waals surface area contributed by atoms with Gasteiger partial charge in [-0.2, -0.15) is 0 Å². The van der Waals surface area contributed by atoms with Crippen LogP contribution in [0.25, 0.3) is 11.0 Å². The van der Waals surface area contributed by atoms with E-state index in [4.69, 9.17) is 0 Å². The van der Waals surface area contributed by atoms with E-state index in [1.807, 2.05) is 31.2 Å². The van der Waals surface area contributed by atoms with Gasteiger partial charge in [0, 0.05) is 25.2 Å². The predicted molar refractivity (Wildman–Crippen MR) is 104 cm³/mol. The van der Waals surface area contributed by atoms with Gasteiger partial charge in [0.2, 0.25) is 11.8 Å². The highest BCUT2D eigenvalue weighted by atomic mass is 19.1. The van der Waals surface area contributed by atoms with Gasteiger partial charge in [-0.15, -0.1) is 0 Å². The molecular weight excluding hydrogens is 359 g/mol. The maximum atomic E-state index is 13.4. The molecule has 1 atom stereocenters. The molecule has 2 heterocycles. The number of nitrogens with zero attached hydrogens (tertiary/aromatic N) is 3. The summed E-state index contributed by atoms with van der Waals surface area (Å²) in [6.45, 7) is 3.33. The molecule has 3 aromatic rings. The SMILES string of the molecule is CCn1c(CNC(=O)C2CC(=O)N(c3cccc(F)c3)C2)nc2ccccc21. The Morgan fingerprint density at radius 3 is 2.86 bits per heavy atom. The van der Waals surface area contributed by atoms with Crippen LogP contribution in [0.5, 0.6) is 0 Å². The number of carbonyl (C=O) groups is 2. The molecule has 2 aromatic carbocycles. The second kappa shape index (κ2) is 7.42. The van der Waals surface area contributed by atoms with Crippen molar-refractivity contribution in [2.75, 3.05) is 11.4 Å². The average Bonchev–Trinajstić information content (AvgIpc) is 3.26. The summed E-state index contributed by atoms with van der Waals surface area (Å²) in [7, 11) is 0. The molecule has 6 nitrogen and oxygen atoms in total. The molecule has 28 heavy (non-hydrogen) atoms. The summed E-state index contributed by atoms with van der Waals surface area (Å²) in [5.41, 5.74) is 2.40. The molecule has 1 unspecified atom stereocenters. The highest BCUT2D eigenvalue weighted by Crippen LogP contribution is 2.26. The van der Waals surface area contributed by atoms with Gasteiger partial charge in [-0.1, -0.05) is 18.2 Å². The van der Waals surface area contributed by atoms with Crippen molar-refractivity contribution in [3.05, 3.63) is 60.2 Å². The first-order chi connectivity index (χ1) is 13.6. The maximum Gasteiger partial charge on any atom is 0.227 e. The lowest BCUT2D eigenvalue weighted by atomic mass is 10.1. The quantitative estimate of drug-likeness (QED) is 0.740. The lowest BCUT2D eigenvalue weighted by Crippen LogP contribution is -2.33. The molecule has 4 rings (SSSR count). The second-order valence-corrected chi connectivity index (χ2v) is 6.86. The fraction of sp³-hybridized carbons (Fsp3) is 0.286. The zero-order valence-corrected chi connectivity index (χ0v) is 15.6. The predicted octanol–water partition coefficient (Wildman–Crippen LogP) is 2.86. The number of aryl methyl sites for hydroxylation is 1. The van der Waals surface area contributed by atoms with Crippen LogP contribution < -0.4 is 10.2 Å². The Hall–Kier alpha value is -3.22. The van der Waals surface area contributed by atoms with Gasteiger partial charge in [0.1, 0.15) is 11.6 Å². The van der Waals surface area contributed by atoms with Gasteiger partial charge in [0.15, 0.2) is 0 Å². The molecule has 7 heteroatoms. The Morgan fingerprint density at radius 2 is 2.07 bits per heavy atom. The average molecular weight is 380 g/mol. The van der Waals surface area contributed by atoms with Gasteiger partial charge in [0.05, 0.1) is 23.5 Å². The van der Waals surface area contributed by atoms with E-state index in [1.54, 1.807) is 12.1 Å². The summed E-state index contributed by atoms with van der Waals surface area (Å²) in [5, 5.41) is 2.91. The van der Waals surface area contributed by atoms with Crippen molar-refractivity contribution in [2.24, 2.45) is 5.92 Å². The van der Waals surface area contributed by atoms with Crippen LogP contribution in [-0.2, 0) is 22.7 Å². The number of anilines is 1. The zero-order valence-electron chi connectivity index (χ0n) is 15.6. The number of fused-ring (bicyclic) bond motifs is 1. The number of nitrogens with one attached hydrogen (secondary N) is 1. The largest absolute Gasteiger partial charge is 0.349 e. The van der Waals surface area contributed by atoms with Crippen LogP contribution in [0.4, 0.5) is 10.1 Å². The number of carbonyl (C=O) groups excluding carboxylic acids is 2. The normalized spacial score (nSPS) is 16.7. The lowest BCUT2D eigenvalue weighted by Gasteiger charge is -2.16. The molecule has 1 aromatic heterocycles. The third-order valence-corrected chi connectivity index (χ3v) is 5.09. The van der Waals surface area contributed by atoms with Crippen LogP contribution in [0.2, 0.25) is 0 Å². The summed E-state index contributed by atoms with van der Waals surface area (Å²) in [5.74, 6) is -0.455. The van der Waals surface area contributed by atoms with Gasteiger partial charge < -0.3 is 14.8 Å². The van der Waals surface area contributed by atoms with Crippen molar-refractivity contribution in [3.63, 3.8) is 0 Å². The second-order valence-electron chi connectivity index (χ2n) is 6.86. The molecule has 0 bridgehead atoms. The van der Waals surface area contributed by atoms with Crippen LogP contribution in [0.15, 0.2) is 48.5 Å². The first-order valence-corrected chi connectivity index (χ1v) is 9.34. The molecule has 0 radical (unpaired) electrons. The molecule has 2 amide bonds. The van der Waals surface area contributed by atoms with E-state index in [1.165, 1.54) is 17.0 Å². The van der Waals surface area contributed by atoms with E-state index in [0.29, 0.717) is 12.2 Å². The van der Waals surface area contributed by atoms with E-state index in [2.05, 4.69) is 14.9 Å². The van der Waals surface area contributed by atoms with Crippen LogP contribution in [-0.4, -0.2) is 27.9 Å². The van der Waals surface area contributed by atoms with E-state index < -0.39 is 11.7 Å². The molecule has 0 aliphatic carbocycles. The summed E-state index contributed by atoms with van der Waals surface area (Å²) in [4.78, 5) is 31.0. The Labute approximate surface area is 162 Å². The smallest absolute Gasteiger partial charge is 0.227 e. The van der Waals surface area contributed by atoms with Crippen molar-refractivity contribution in [2.45, 2.75) is 26.4 Å². The number of imidazole rings is 1. The molecule has 0 spiro atoms. The fourth-order valence-corrected chi connectivity index (χ4v) is 3.70. The van der Waals surface area contributed by atoms with Gasteiger partial charge >= 0.3 is 0 Å². The topological polar surface area (TPSA) is 67.2 Å². The molecule has 144 valence electrons.